The third-order valence-electron chi connectivity index (χ3n) is 3.54. The van der Waals surface area contributed by atoms with Crippen molar-refractivity contribution in [2.75, 3.05) is 5.32 Å². The van der Waals surface area contributed by atoms with E-state index in [2.05, 4.69) is 38.4 Å². The van der Waals surface area contributed by atoms with E-state index in [1.165, 1.54) is 0 Å². The molecule has 0 aromatic heterocycles. The average molecular weight is 449 g/mol. The third-order valence-corrected chi connectivity index (χ3v) is 4.26. The molecule has 2 rings (SSSR count). The minimum atomic E-state index is -0.299. The van der Waals surface area contributed by atoms with Crippen molar-refractivity contribution in [3.8, 4) is 0 Å². The summed E-state index contributed by atoms with van der Waals surface area (Å²) in [5.74, 6) is -0.460. The smallest absolute Gasteiger partial charge is 0.271 e. The van der Waals surface area contributed by atoms with E-state index in [9.17, 15) is 9.59 Å². The van der Waals surface area contributed by atoms with Crippen LogP contribution in [0.25, 0.3) is 0 Å². The summed E-state index contributed by atoms with van der Waals surface area (Å²) >= 11 is 2.18. The zero-order valence-electron chi connectivity index (χ0n) is 14.2. The van der Waals surface area contributed by atoms with E-state index < -0.39 is 0 Å². The molecule has 0 aliphatic rings. The Balaban J connectivity index is 1.90. The van der Waals surface area contributed by atoms with Crippen LogP contribution in [0.4, 0.5) is 5.69 Å². The Morgan fingerprint density at radius 1 is 1.08 bits per heavy atom. The van der Waals surface area contributed by atoms with E-state index in [1.54, 1.807) is 19.1 Å². The number of hydrazone groups is 1. The predicted molar refractivity (Wildman–Crippen MR) is 109 cm³/mol. The van der Waals surface area contributed by atoms with Crippen LogP contribution in [0.3, 0.4) is 0 Å². The fourth-order valence-corrected chi connectivity index (χ4v) is 2.59. The molecule has 2 amide bonds. The molecule has 2 N–H and O–H groups in total. The number of nitrogens with zero attached hydrogens (tertiary/aromatic N) is 1. The molecule has 0 aliphatic heterocycles. The van der Waals surface area contributed by atoms with Gasteiger partial charge in [-0.15, -0.1) is 0 Å². The first-order valence-electron chi connectivity index (χ1n) is 7.96. The molecule has 130 valence electrons. The Morgan fingerprint density at radius 3 is 2.44 bits per heavy atom. The second-order valence-corrected chi connectivity index (χ2v) is 6.78. The normalized spacial score (nSPS) is 11.1. The number of anilines is 1. The molecule has 5 nitrogen and oxygen atoms in total. The first-order valence-corrected chi connectivity index (χ1v) is 9.04. The molecule has 0 unspecified atom stereocenters. The van der Waals surface area contributed by atoms with Crippen molar-refractivity contribution >= 4 is 45.8 Å². The molecule has 2 aromatic carbocycles. The van der Waals surface area contributed by atoms with Gasteiger partial charge >= 0.3 is 0 Å². The highest BCUT2D eigenvalue weighted by molar-refractivity contribution is 14.1. The highest BCUT2D eigenvalue weighted by atomic mass is 127. The molecule has 0 saturated carbocycles. The van der Waals surface area contributed by atoms with E-state index in [1.807, 2.05) is 43.3 Å². The van der Waals surface area contributed by atoms with E-state index in [4.69, 9.17) is 0 Å². The Labute approximate surface area is 161 Å². The number of para-hydroxylation sites is 1. The van der Waals surface area contributed by atoms with Crippen molar-refractivity contribution in [3.05, 3.63) is 63.2 Å². The molecule has 0 saturated heterocycles. The van der Waals surface area contributed by atoms with Crippen LogP contribution in [0.2, 0.25) is 0 Å². The largest absolute Gasteiger partial charge is 0.326 e. The van der Waals surface area contributed by atoms with Crippen LogP contribution in [0.1, 0.15) is 36.2 Å². The van der Waals surface area contributed by atoms with Gasteiger partial charge in [0.1, 0.15) is 0 Å². The number of rotatable bonds is 6. The predicted octanol–water partition coefficient (Wildman–Crippen LogP) is 3.99. The first kappa shape index (κ1) is 19.1. The van der Waals surface area contributed by atoms with Crippen molar-refractivity contribution in [3.63, 3.8) is 0 Å². The average Bonchev–Trinajstić information content (AvgIpc) is 2.60. The van der Waals surface area contributed by atoms with Crippen LogP contribution in [-0.4, -0.2) is 17.5 Å². The second kappa shape index (κ2) is 9.31. The lowest BCUT2D eigenvalue weighted by atomic mass is 10.1. The van der Waals surface area contributed by atoms with E-state index in [0.29, 0.717) is 11.3 Å². The number of nitrogens with one attached hydrogen (secondary N) is 2. The standard InChI is InChI=1S/C19H20IN3O2/c1-3-14-6-4-5-7-17(14)21-18(24)12-13(2)22-23-19(25)15-8-10-16(20)11-9-15/h4-11H,3,12H2,1-2H3,(H,21,24)(H,23,25). The highest BCUT2D eigenvalue weighted by Crippen LogP contribution is 2.15. The molecule has 0 aliphatic carbocycles. The topological polar surface area (TPSA) is 70.6 Å². The van der Waals surface area contributed by atoms with E-state index >= 15 is 0 Å². The van der Waals surface area contributed by atoms with Crippen LogP contribution in [0.15, 0.2) is 53.6 Å². The number of amides is 2. The van der Waals surface area contributed by atoms with Gasteiger partial charge in [-0.25, -0.2) is 5.43 Å². The monoisotopic (exact) mass is 449 g/mol. The summed E-state index contributed by atoms with van der Waals surface area (Å²) in [5, 5.41) is 6.89. The van der Waals surface area contributed by atoms with E-state index in [0.717, 1.165) is 21.2 Å². The number of halogens is 1. The molecular formula is C19H20IN3O2. The SMILES string of the molecule is CCc1ccccc1NC(=O)CC(C)=NNC(=O)c1ccc(I)cc1. The summed E-state index contributed by atoms with van der Waals surface area (Å²) in [6, 6.07) is 14.9. The molecule has 0 fully saturated rings. The molecular weight excluding hydrogens is 429 g/mol. The Hall–Kier alpha value is -2.22. The Morgan fingerprint density at radius 2 is 1.76 bits per heavy atom. The molecule has 2 aromatic rings. The van der Waals surface area contributed by atoms with Gasteiger partial charge in [-0.2, -0.15) is 5.10 Å². The summed E-state index contributed by atoms with van der Waals surface area (Å²) in [5.41, 5.74) is 5.43. The maximum Gasteiger partial charge on any atom is 0.271 e. The fraction of sp³-hybridized carbons (Fsp3) is 0.211. The molecule has 0 bridgehead atoms. The van der Waals surface area contributed by atoms with Crippen molar-refractivity contribution in [2.24, 2.45) is 5.10 Å². The lowest BCUT2D eigenvalue weighted by molar-refractivity contribution is -0.115. The van der Waals surface area contributed by atoms with Gasteiger partial charge in [-0.1, -0.05) is 25.1 Å². The number of aryl methyl sites for hydroxylation is 1. The molecule has 0 atom stereocenters. The van der Waals surface area contributed by atoms with Crippen molar-refractivity contribution in [1.29, 1.82) is 0 Å². The molecule has 6 heteroatoms. The van der Waals surface area contributed by atoms with Crippen LogP contribution in [0.5, 0.6) is 0 Å². The van der Waals surface area contributed by atoms with Gasteiger partial charge in [0.05, 0.1) is 6.42 Å². The van der Waals surface area contributed by atoms with Gasteiger partial charge in [-0.05, 0) is 71.8 Å². The Kier molecular flexibility index (Phi) is 7.12. The highest BCUT2D eigenvalue weighted by Gasteiger charge is 2.08. The summed E-state index contributed by atoms with van der Waals surface area (Å²) in [6.07, 6.45) is 0.959. The van der Waals surface area contributed by atoms with Crippen molar-refractivity contribution < 1.29 is 9.59 Å². The zero-order valence-corrected chi connectivity index (χ0v) is 16.3. The fourth-order valence-electron chi connectivity index (χ4n) is 2.23. The van der Waals surface area contributed by atoms with Gasteiger partial charge in [0, 0.05) is 20.5 Å². The van der Waals surface area contributed by atoms with Crippen molar-refractivity contribution in [1.82, 2.24) is 5.43 Å². The number of carbonyl (C=O) groups is 2. The number of hydrogen-bond acceptors (Lipinski definition) is 3. The van der Waals surface area contributed by atoms with E-state index in [-0.39, 0.29) is 18.2 Å². The maximum atomic E-state index is 12.1. The van der Waals surface area contributed by atoms with Crippen LogP contribution >= 0.6 is 22.6 Å². The minimum Gasteiger partial charge on any atom is -0.326 e. The number of benzene rings is 2. The van der Waals surface area contributed by atoms with Crippen LogP contribution in [0, 0.1) is 3.57 Å². The van der Waals surface area contributed by atoms with Gasteiger partial charge in [0.15, 0.2) is 0 Å². The molecule has 25 heavy (non-hydrogen) atoms. The third kappa shape index (κ3) is 5.97. The first-order chi connectivity index (χ1) is 12.0. The van der Waals surface area contributed by atoms with Crippen LogP contribution in [-0.2, 0) is 11.2 Å². The summed E-state index contributed by atoms with van der Waals surface area (Å²) in [4.78, 5) is 24.1. The maximum absolute atomic E-state index is 12.1. The summed E-state index contributed by atoms with van der Waals surface area (Å²) < 4.78 is 1.05. The lowest BCUT2D eigenvalue weighted by Crippen LogP contribution is -2.21. The van der Waals surface area contributed by atoms with Gasteiger partial charge in [0.2, 0.25) is 5.91 Å². The van der Waals surface area contributed by atoms with Crippen LogP contribution < -0.4 is 10.7 Å². The zero-order chi connectivity index (χ0) is 18.2. The number of carbonyl (C=O) groups excluding carboxylic acids is 2. The van der Waals surface area contributed by atoms with Gasteiger partial charge in [-0.3, -0.25) is 9.59 Å². The molecule has 0 spiro atoms. The Bertz CT molecular complexity index is 786. The quantitative estimate of drug-likeness (QED) is 0.398. The summed E-state index contributed by atoms with van der Waals surface area (Å²) in [7, 11) is 0. The van der Waals surface area contributed by atoms with Crippen molar-refractivity contribution in [2.45, 2.75) is 26.7 Å². The summed E-state index contributed by atoms with van der Waals surface area (Å²) in [6.45, 7) is 3.75. The molecule has 0 radical (unpaired) electrons. The number of hydrogen-bond donors (Lipinski definition) is 2. The van der Waals surface area contributed by atoms with Gasteiger partial charge < -0.3 is 5.32 Å². The second-order valence-electron chi connectivity index (χ2n) is 5.53. The molecule has 0 heterocycles. The lowest BCUT2D eigenvalue weighted by Gasteiger charge is -2.09. The van der Waals surface area contributed by atoms with Gasteiger partial charge in [0.25, 0.3) is 5.91 Å². The minimum absolute atomic E-state index is 0.116.